The number of nitrogens with zero attached hydrogens (tertiary/aromatic N) is 4. The van der Waals surface area contributed by atoms with Crippen LogP contribution in [0.25, 0.3) is 10.2 Å². The van der Waals surface area contributed by atoms with Gasteiger partial charge in [0.05, 0.1) is 12.5 Å². The molecule has 134 valence electrons. The van der Waals surface area contributed by atoms with E-state index in [4.69, 9.17) is 4.74 Å². The van der Waals surface area contributed by atoms with E-state index in [2.05, 4.69) is 44.0 Å². The van der Waals surface area contributed by atoms with Gasteiger partial charge in [-0.1, -0.05) is 18.2 Å². The van der Waals surface area contributed by atoms with E-state index < -0.39 is 0 Å². The van der Waals surface area contributed by atoms with Gasteiger partial charge in [0, 0.05) is 31.9 Å². The Hall–Kier alpha value is -2.67. The van der Waals surface area contributed by atoms with E-state index in [0.717, 1.165) is 47.8 Å². The highest BCUT2D eigenvalue weighted by Crippen LogP contribution is 2.35. The van der Waals surface area contributed by atoms with E-state index in [1.165, 1.54) is 24.1 Å². The van der Waals surface area contributed by atoms with Crippen LogP contribution in [0.4, 0.5) is 11.5 Å². The topological polar surface area (TPSA) is 58.6 Å². The molecule has 0 amide bonds. The van der Waals surface area contributed by atoms with Crippen LogP contribution in [0.5, 0.6) is 0 Å². The van der Waals surface area contributed by atoms with Crippen molar-refractivity contribution in [1.29, 1.82) is 0 Å². The van der Waals surface area contributed by atoms with Gasteiger partial charge in [-0.2, -0.15) is 0 Å². The molecule has 0 bridgehead atoms. The van der Waals surface area contributed by atoms with Crippen molar-refractivity contribution in [2.75, 3.05) is 43.1 Å². The average Bonchev–Trinajstić information content (AvgIpc) is 3.05. The number of rotatable bonds is 3. The highest BCUT2D eigenvalue weighted by atomic mass is 32.1. The number of hydrogen-bond acceptors (Lipinski definition) is 7. The SMILES string of the molecule is COC(=O)c1sc2ncnc(N3CCN(c4ccccc4)CC3)c2c1C. The summed E-state index contributed by atoms with van der Waals surface area (Å²) in [5, 5.41) is 0.964. The van der Waals surface area contributed by atoms with Gasteiger partial charge in [0.25, 0.3) is 0 Å². The normalized spacial score (nSPS) is 14.7. The number of anilines is 2. The lowest BCUT2D eigenvalue weighted by atomic mass is 10.1. The molecule has 0 atom stereocenters. The molecule has 0 radical (unpaired) electrons. The maximum absolute atomic E-state index is 12.0. The molecule has 1 aliphatic rings. The van der Waals surface area contributed by atoms with E-state index in [0.29, 0.717) is 4.88 Å². The fourth-order valence-electron chi connectivity index (χ4n) is 3.40. The zero-order valence-corrected chi connectivity index (χ0v) is 15.6. The van der Waals surface area contributed by atoms with Gasteiger partial charge >= 0.3 is 5.97 Å². The summed E-state index contributed by atoms with van der Waals surface area (Å²) in [4.78, 5) is 27.0. The lowest BCUT2D eigenvalue weighted by Crippen LogP contribution is -2.46. The van der Waals surface area contributed by atoms with Gasteiger partial charge in [-0.25, -0.2) is 14.8 Å². The number of ether oxygens (including phenoxy) is 1. The number of aromatic nitrogens is 2. The van der Waals surface area contributed by atoms with Crippen molar-refractivity contribution in [2.24, 2.45) is 0 Å². The van der Waals surface area contributed by atoms with Crippen molar-refractivity contribution in [3.8, 4) is 0 Å². The molecule has 0 aliphatic carbocycles. The second-order valence-corrected chi connectivity index (χ2v) is 7.23. The van der Waals surface area contributed by atoms with E-state index in [-0.39, 0.29) is 5.97 Å². The molecule has 3 heterocycles. The number of piperazine rings is 1. The maximum atomic E-state index is 12.0. The van der Waals surface area contributed by atoms with Crippen molar-refractivity contribution >= 4 is 39.0 Å². The monoisotopic (exact) mass is 368 g/mol. The molecule has 0 N–H and O–H groups in total. The smallest absolute Gasteiger partial charge is 0.348 e. The Morgan fingerprint density at radius 2 is 1.77 bits per heavy atom. The molecule has 0 unspecified atom stereocenters. The van der Waals surface area contributed by atoms with Crippen LogP contribution in [-0.2, 0) is 4.74 Å². The number of esters is 1. The summed E-state index contributed by atoms with van der Waals surface area (Å²) in [7, 11) is 1.40. The largest absolute Gasteiger partial charge is 0.465 e. The first-order chi connectivity index (χ1) is 12.7. The van der Waals surface area contributed by atoms with E-state index >= 15 is 0 Å². The van der Waals surface area contributed by atoms with Gasteiger partial charge in [0.1, 0.15) is 21.9 Å². The zero-order chi connectivity index (χ0) is 18.1. The number of thiophene rings is 1. The maximum Gasteiger partial charge on any atom is 0.348 e. The highest BCUT2D eigenvalue weighted by molar-refractivity contribution is 7.20. The second kappa shape index (κ2) is 6.92. The predicted molar refractivity (Wildman–Crippen MR) is 104 cm³/mol. The molecule has 26 heavy (non-hydrogen) atoms. The number of para-hydroxylation sites is 1. The summed E-state index contributed by atoms with van der Waals surface area (Å²) in [6.07, 6.45) is 1.58. The number of benzene rings is 1. The quantitative estimate of drug-likeness (QED) is 0.662. The summed E-state index contributed by atoms with van der Waals surface area (Å²) in [5.74, 6) is 0.594. The molecular weight excluding hydrogens is 348 g/mol. The van der Waals surface area contributed by atoms with Gasteiger partial charge in [0.2, 0.25) is 0 Å². The van der Waals surface area contributed by atoms with Crippen LogP contribution in [0.15, 0.2) is 36.7 Å². The summed E-state index contributed by atoms with van der Waals surface area (Å²) in [6.45, 7) is 5.57. The lowest BCUT2D eigenvalue weighted by Gasteiger charge is -2.37. The van der Waals surface area contributed by atoms with Crippen molar-refractivity contribution in [2.45, 2.75) is 6.92 Å². The number of carbonyl (C=O) groups excluding carboxylic acids is 1. The Morgan fingerprint density at radius 3 is 2.46 bits per heavy atom. The van der Waals surface area contributed by atoms with Crippen molar-refractivity contribution in [3.05, 3.63) is 47.1 Å². The Kier molecular flexibility index (Phi) is 4.46. The fourth-order valence-corrected chi connectivity index (χ4v) is 4.46. The van der Waals surface area contributed by atoms with Gasteiger partial charge in [-0.3, -0.25) is 0 Å². The Balaban J connectivity index is 1.62. The van der Waals surface area contributed by atoms with Gasteiger partial charge < -0.3 is 14.5 Å². The van der Waals surface area contributed by atoms with Crippen molar-refractivity contribution in [1.82, 2.24) is 9.97 Å². The summed E-state index contributed by atoms with van der Waals surface area (Å²) in [5.41, 5.74) is 2.15. The van der Waals surface area contributed by atoms with Crippen LogP contribution in [-0.4, -0.2) is 49.2 Å². The highest BCUT2D eigenvalue weighted by Gasteiger charge is 2.24. The number of aryl methyl sites for hydroxylation is 1. The number of hydrogen-bond donors (Lipinski definition) is 0. The minimum atomic E-state index is -0.314. The van der Waals surface area contributed by atoms with Gasteiger partial charge in [-0.05, 0) is 24.6 Å². The third kappa shape index (κ3) is 2.88. The summed E-state index contributed by atoms with van der Waals surface area (Å²) < 4.78 is 4.90. The Bertz CT molecular complexity index is 933. The van der Waals surface area contributed by atoms with E-state index in [1.54, 1.807) is 6.33 Å². The minimum Gasteiger partial charge on any atom is -0.465 e. The number of carbonyl (C=O) groups is 1. The van der Waals surface area contributed by atoms with Crippen molar-refractivity contribution < 1.29 is 9.53 Å². The van der Waals surface area contributed by atoms with Crippen LogP contribution in [0.1, 0.15) is 15.2 Å². The molecule has 7 heteroatoms. The molecule has 6 nitrogen and oxygen atoms in total. The minimum absolute atomic E-state index is 0.314. The van der Waals surface area contributed by atoms with Crippen LogP contribution >= 0.6 is 11.3 Å². The molecule has 1 saturated heterocycles. The number of methoxy groups -OCH3 is 1. The first-order valence-corrected chi connectivity index (χ1v) is 9.38. The molecule has 0 spiro atoms. The standard InChI is InChI=1S/C19H20N4O2S/c1-13-15-17(20-12-21-18(15)26-16(13)19(24)25-2)23-10-8-22(9-11-23)14-6-4-3-5-7-14/h3-7,12H,8-11H2,1-2H3. The van der Waals surface area contributed by atoms with E-state index in [9.17, 15) is 4.79 Å². The molecule has 3 aromatic rings. The van der Waals surface area contributed by atoms with Crippen LogP contribution < -0.4 is 9.80 Å². The third-order valence-corrected chi connectivity index (χ3v) is 5.96. The summed E-state index contributed by atoms with van der Waals surface area (Å²) in [6, 6.07) is 10.5. The lowest BCUT2D eigenvalue weighted by molar-refractivity contribution is 0.0605. The van der Waals surface area contributed by atoms with Crippen LogP contribution in [0.2, 0.25) is 0 Å². The number of fused-ring (bicyclic) bond motifs is 1. The first-order valence-electron chi connectivity index (χ1n) is 8.56. The fraction of sp³-hybridized carbons (Fsp3) is 0.316. The van der Waals surface area contributed by atoms with Gasteiger partial charge in [0.15, 0.2) is 0 Å². The molecule has 4 rings (SSSR count). The zero-order valence-electron chi connectivity index (χ0n) is 14.8. The summed E-state index contributed by atoms with van der Waals surface area (Å²) >= 11 is 1.37. The molecule has 0 saturated carbocycles. The third-order valence-electron chi connectivity index (χ3n) is 4.78. The van der Waals surface area contributed by atoms with Gasteiger partial charge in [-0.15, -0.1) is 11.3 Å². The average molecular weight is 368 g/mol. The molecular formula is C19H20N4O2S. The Labute approximate surface area is 156 Å². The van der Waals surface area contributed by atoms with Crippen molar-refractivity contribution in [3.63, 3.8) is 0 Å². The second-order valence-electron chi connectivity index (χ2n) is 6.23. The molecule has 1 aliphatic heterocycles. The first kappa shape index (κ1) is 16.8. The Morgan fingerprint density at radius 1 is 1.08 bits per heavy atom. The van der Waals surface area contributed by atoms with Crippen LogP contribution in [0, 0.1) is 6.92 Å². The molecule has 2 aromatic heterocycles. The molecule has 1 aromatic carbocycles. The van der Waals surface area contributed by atoms with E-state index in [1.807, 2.05) is 13.0 Å². The predicted octanol–water partition coefficient (Wildman–Crippen LogP) is 3.11. The van der Waals surface area contributed by atoms with Crippen LogP contribution in [0.3, 0.4) is 0 Å². The molecule has 1 fully saturated rings.